The summed E-state index contributed by atoms with van der Waals surface area (Å²) in [5.74, 6) is 0.0406. The maximum absolute atomic E-state index is 13.2. The average molecular weight is 346 g/mol. The Labute approximate surface area is 146 Å². The Balaban J connectivity index is 1.62. The number of nitrogens with zero attached hydrogens (tertiary/aromatic N) is 2. The van der Waals surface area contributed by atoms with Crippen molar-refractivity contribution in [2.24, 2.45) is 0 Å². The van der Waals surface area contributed by atoms with Crippen LogP contribution in [-0.2, 0) is 10.3 Å². The van der Waals surface area contributed by atoms with Gasteiger partial charge in [-0.3, -0.25) is 9.48 Å². The summed E-state index contributed by atoms with van der Waals surface area (Å²) in [6, 6.07) is 7.81. The second-order valence-electron chi connectivity index (χ2n) is 6.33. The number of piperidine rings is 1. The molecule has 3 rings (SSSR count). The first-order valence-electron chi connectivity index (χ1n) is 8.51. The molecule has 0 radical (unpaired) electrons. The lowest BCUT2D eigenvalue weighted by atomic mass is 9.87. The molecule has 2 aromatic rings. The van der Waals surface area contributed by atoms with Crippen LogP contribution in [0.5, 0.6) is 5.75 Å². The minimum Gasteiger partial charge on any atom is -0.489 e. The first-order valence-corrected chi connectivity index (χ1v) is 8.51. The third-order valence-electron chi connectivity index (χ3n) is 4.48. The van der Waals surface area contributed by atoms with Crippen LogP contribution in [0, 0.1) is 5.82 Å². The van der Waals surface area contributed by atoms with Gasteiger partial charge in [0, 0.05) is 18.5 Å². The van der Waals surface area contributed by atoms with Crippen LogP contribution in [-0.4, -0.2) is 41.4 Å². The number of hydrogen-bond donors (Lipinski definition) is 2. The summed E-state index contributed by atoms with van der Waals surface area (Å²) in [6.45, 7) is 3.71. The van der Waals surface area contributed by atoms with Gasteiger partial charge in [0.25, 0.3) is 0 Å². The predicted molar refractivity (Wildman–Crippen MR) is 91.8 cm³/mol. The molecule has 1 aliphatic rings. The number of aromatic nitrogens is 2. The van der Waals surface area contributed by atoms with Crippen LogP contribution >= 0.6 is 0 Å². The van der Waals surface area contributed by atoms with Crippen LogP contribution in [0.4, 0.5) is 4.39 Å². The molecule has 1 atom stereocenters. The molecule has 0 saturated carbocycles. The summed E-state index contributed by atoms with van der Waals surface area (Å²) >= 11 is 0. The number of benzene rings is 1. The highest BCUT2D eigenvalue weighted by Gasteiger charge is 2.41. The van der Waals surface area contributed by atoms with E-state index < -0.39 is 5.54 Å². The molecule has 6 nitrogen and oxygen atoms in total. The average Bonchev–Trinajstić information content (AvgIpc) is 3.15. The lowest BCUT2D eigenvalue weighted by molar-refractivity contribution is -0.132. The minimum absolute atomic E-state index is 0.0626. The topological polar surface area (TPSA) is 68.2 Å². The maximum Gasteiger partial charge on any atom is 0.248 e. The fraction of sp³-hybridized carbons (Fsp3) is 0.444. The fourth-order valence-corrected chi connectivity index (χ4v) is 3.14. The van der Waals surface area contributed by atoms with E-state index >= 15 is 0 Å². The van der Waals surface area contributed by atoms with Crippen LogP contribution in [0.3, 0.4) is 0 Å². The number of ether oxygens (including phenoxy) is 1. The molecule has 1 fully saturated rings. The van der Waals surface area contributed by atoms with E-state index in [9.17, 15) is 9.18 Å². The molecule has 0 spiro atoms. The molecule has 1 aromatic carbocycles. The van der Waals surface area contributed by atoms with Crippen molar-refractivity contribution in [1.29, 1.82) is 0 Å². The quantitative estimate of drug-likeness (QED) is 0.835. The Morgan fingerprint density at radius 3 is 2.92 bits per heavy atom. The van der Waals surface area contributed by atoms with Gasteiger partial charge < -0.3 is 15.4 Å². The third-order valence-corrected chi connectivity index (χ3v) is 4.48. The van der Waals surface area contributed by atoms with E-state index in [0.717, 1.165) is 13.1 Å². The first-order chi connectivity index (χ1) is 12.1. The summed E-state index contributed by atoms with van der Waals surface area (Å²) in [4.78, 5) is 12.9. The molecular formula is C18H23FN4O2. The lowest BCUT2D eigenvalue weighted by Crippen LogP contribution is -2.55. The highest BCUT2D eigenvalue weighted by molar-refractivity contribution is 5.84. The summed E-state index contributed by atoms with van der Waals surface area (Å²) in [5.41, 5.74) is -0.673. The van der Waals surface area contributed by atoms with Crippen LogP contribution in [0.25, 0.3) is 0 Å². The Bertz CT molecular complexity index is 699. The molecular weight excluding hydrogens is 323 g/mol. The number of nitrogens with one attached hydrogen (secondary N) is 2. The molecule has 1 unspecified atom stereocenters. The van der Waals surface area contributed by atoms with Gasteiger partial charge in [-0.15, -0.1) is 0 Å². The standard InChI is InChI=1S/C18H23FN4O2/c1-14(25-16-5-2-4-15(19)12-16)13-21-17(24)18(6-9-20-10-7-18)23-11-3-8-22-23/h2-5,8,11-12,14,20H,6-7,9-10,13H2,1H3,(H,21,24). The van der Waals surface area contributed by atoms with Crippen molar-refractivity contribution in [3.05, 3.63) is 48.5 Å². The SMILES string of the molecule is CC(CNC(=O)C1(n2cccn2)CCNCC1)Oc1cccc(F)c1. The van der Waals surface area contributed by atoms with Gasteiger partial charge in [-0.1, -0.05) is 6.07 Å². The van der Waals surface area contributed by atoms with E-state index in [2.05, 4.69) is 15.7 Å². The van der Waals surface area contributed by atoms with Gasteiger partial charge in [-0.05, 0) is 51.1 Å². The summed E-state index contributed by atoms with van der Waals surface area (Å²) in [7, 11) is 0. The minimum atomic E-state index is -0.673. The monoisotopic (exact) mass is 346 g/mol. The smallest absolute Gasteiger partial charge is 0.248 e. The Morgan fingerprint density at radius 2 is 2.24 bits per heavy atom. The maximum atomic E-state index is 13.2. The largest absolute Gasteiger partial charge is 0.489 e. The van der Waals surface area contributed by atoms with E-state index in [1.54, 1.807) is 23.0 Å². The zero-order chi connectivity index (χ0) is 17.7. The highest BCUT2D eigenvalue weighted by atomic mass is 19.1. The molecule has 25 heavy (non-hydrogen) atoms. The van der Waals surface area contributed by atoms with Gasteiger partial charge in [0.2, 0.25) is 5.91 Å². The van der Waals surface area contributed by atoms with Gasteiger partial charge in [-0.25, -0.2) is 4.39 Å². The van der Waals surface area contributed by atoms with Crippen molar-refractivity contribution in [1.82, 2.24) is 20.4 Å². The van der Waals surface area contributed by atoms with Crippen molar-refractivity contribution in [2.75, 3.05) is 19.6 Å². The van der Waals surface area contributed by atoms with Crippen molar-refractivity contribution in [3.8, 4) is 5.75 Å². The van der Waals surface area contributed by atoms with Gasteiger partial charge in [0.1, 0.15) is 23.2 Å². The Morgan fingerprint density at radius 1 is 1.44 bits per heavy atom. The van der Waals surface area contributed by atoms with E-state index in [0.29, 0.717) is 25.1 Å². The lowest BCUT2D eigenvalue weighted by Gasteiger charge is -2.36. The summed E-state index contributed by atoms with van der Waals surface area (Å²) in [6.07, 6.45) is 4.60. The van der Waals surface area contributed by atoms with E-state index in [1.807, 2.05) is 19.2 Å². The van der Waals surface area contributed by atoms with Gasteiger partial charge in [0.05, 0.1) is 6.54 Å². The van der Waals surface area contributed by atoms with Crippen LogP contribution < -0.4 is 15.4 Å². The van der Waals surface area contributed by atoms with Gasteiger partial charge in [-0.2, -0.15) is 5.10 Å². The van der Waals surface area contributed by atoms with Crippen molar-refractivity contribution < 1.29 is 13.9 Å². The zero-order valence-corrected chi connectivity index (χ0v) is 14.2. The van der Waals surface area contributed by atoms with Gasteiger partial charge in [0.15, 0.2) is 0 Å². The van der Waals surface area contributed by atoms with E-state index in [4.69, 9.17) is 4.74 Å². The number of rotatable bonds is 6. The van der Waals surface area contributed by atoms with Crippen molar-refractivity contribution in [3.63, 3.8) is 0 Å². The number of halogens is 1. The first kappa shape index (κ1) is 17.4. The van der Waals surface area contributed by atoms with Crippen LogP contribution in [0.15, 0.2) is 42.7 Å². The molecule has 2 N–H and O–H groups in total. The second-order valence-corrected chi connectivity index (χ2v) is 6.33. The third kappa shape index (κ3) is 3.99. The van der Waals surface area contributed by atoms with Crippen LogP contribution in [0.2, 0.25) is 0 Å². The van der Waals surface area contributed by atoms with Crippen LogP contribution in [0.1, 0.15) is 19.8 Å². The molecule has 1 aliphatic heterocycles. The van der Waals surface area contributed by atoms with E-state index in [1.165, 1.54) is 12.1 Å². The fourth-order valence-electron chi connectivity index (χ4n) is 3.14. The van der Waals surface area contributed by atoms with Gasteiger partial charge >= 0.3 is 0 Å². The molecule has 0 bridgehead atoms. The summed E-state index contributed by atoms with van der Waals surface area (Å²) < 4.78 is 20.6. The molecule has 134 valence electrons. The number of hydrogen-bond acceptors (Lipinski definition) is 4. The molecule has 1 saturated heterocycles. The summed E-state index contributed by atoms with van der Waals surface area (Å²) in [5, 5.41) is 10.5. The predicted octanol–water partition coefficient (Wildman–Crippen LogP) is 1.68. The second kappa shape index (κ2) is 7.65. The molecule has 7 heteroatoms. The molecule has 2 heterocycles. The number of carbonyl (C=O) groups excluding carboxylic acids is 1. The highest BCUT2D eigenvalue weighted by Crippen LogP contribution is 2.27. The molecule has 1 aromatic heterocycles. The van der Waals surface area contributed by atoms with Crippen molar-refractivity contribution >= 4 is 5.91 Å². The zero-order valence-electron chi connectivity index (χ0n) is 14.2. The molecule has 1 amide bonds. The normalized spacial score (nSPS) is 17.7. The number of amides is 1. The Kier molecular flexibility index (Phi) is 5.33. The Hall–Kier alpha value is -2.41. The molecule has 0 aliphatic carbocycles. The van der Waals surface area contributed by atoms with E-state index in [-0.39, 0.29) is 17.8 Å². The van der Waals surface area contributed by atoms with Crippen molar-refractivity contribution in [2.45, 2.75) is 31.4 Å². The number of carbonyl (C=O) groups is 1.